The van der Waals surface area contributed by atoms with Gasteiger partial charge in [-0.1, -0.05) is 40.2 Å². The number of hydrogen-bond donors (Lipinski definition) is 1. The van der Waals surface area contributed by atoms with Crippen LogP contribution in [0.3, 0.4) is 0 Å². The average Bonchev–Trinajstić information content (AvgIpc) is 2.49. The van der Waals surface area contributed by atoms with E-state index < -0.39 is 6.10 Å². The molecule has 0 unspecified atom stereocenters. The van der Waals surface area contributed by atoms with Gasteiger partial charge in [-0.2, -0.15) is 0 Å². The van der Waals surface area contributed by atoms with E-state index in [1.54, 1.807) is 11.8 Å². The van der Waals surface area contributed by atoms with Gasteiger partial charge in [0, 0.05) is 15.1 Å². The first kappa shape index (κ1) is 11.3. The Hall–Kier alpha value is -0.770. The van der Waals surface area contributed by atoms with Crippen LogP contribution in [0.15, 0.2) is 51.8 Å². The SMILES string of the molecule is O[C@@H]1c2ccccc2CSc2ccc(Br)cc21. The zero-order valence-electron chi connectivity index (χ0n) is 9.06. The van der Waals surface area contributed by atoms with Crippen LogP contribution >= 0.6 is 27.7 Å². The first-order valence-electron chi connectivity index (χ1n) is 5.44. The van der Waals surface area contributed by atoms with Gasteiger partial charge in [0.2, 0.25) is 0 Å². The highest BCUT2D eigenvalue weighted by Crippen LogP contribution is 2.40. The number of fused-ring (bicyclic) bond motifs is 2. The van der Waals surface area contributed by atoms with E-state index in [0.717, 1.165) is 26.2 Å². The van der Waals surface area contributed by atoms with Gasteiger partial charge < -0.3 is 5.11 Å². The average molecular weight is 307 g/mol. The Labute approximate surface area is 113 Å². The first-order chi connectivity index (χ1) is 8.25. The topological polar surface area (TPSA) is 20.2 Å². The van der Waals surface area contributed by atoms with Crippen molar-refractivity contribution >= 4 is 27.7 Å². The van der Waals surface area contributed by atoms with Gasteiger partial charge in [-0.15, -0.1) is 11.8 Å². The molecular weight excluding hydrogens is 296 g/mol. The minimum Gasteiger partial charge on any atom is -0.384 e. The molecule has 1 aliphatic heterocycles. The molecule has 0 aromatic heterocycles. The first-order valence-corrected chi connectivity index (χ1v) is 7.21. The Morgan fingerprint density at radius 1 is 1.12 bits per heavy atom. The number of hydrogen-bond acceptors (Lipinski definition) is 2. The van der Waals surface area contributed by atoms with Gasteiger partial charge >= 0.3 is 0 Å². The van der Waals surface area contributed by atoms with Gasteiger partial charge in [0.05, 0.1) is 0 Å². The standard InChI is InChI=1S/C14H11BrOS/c15-10-5-6-13-12(7-10)14(16)11-4-2-1-3-9(11)8-17-13/h1-7,14,16H,8H2/t14-/m1/s1. The molecule has 0 saturated heterocycles. The van der Waals surface area contributed by atoms with E-state index in [2.05, 4.69) is 28.1 Å². The molecule has 0 spiro atoms. The molecule has 17 heavy (non-hydrogen) atoms. The summed E-state index contributed by atoms with van der Waals surface area (Å²) in [7, 11) is 0. The summed E-state index contributed by atoms with van der Waals surface area (Å²) in [4.78, 5) is 1.16. The monoisotopic (exact) mass is 306 g/mol. The smallest absolute Gasteiger partial charge is 0.105 e. The lowest BCUT2D eigenvalue weighted by Gasteiger charge is -2.13. The highest BCUT2D eigenvalue weighted by atomic mass is 79.9. The fourth-order valence-electron chi connectivity index (χ4n) is 2.12. The van der Waals surface area contributed by atoms with E-state index in [0.29, 0.717) is 0 Å². The second kappa shape index (κ2) is 4.48. The quantitative estimate of drug-likeness (QED) is 0.789. The van der Waals surface area contributed by atoms with Crippen molar-refractivity contribution in [2.45, 2.75) is 16.8 Å². The van der Waals surface area contributed by atoms with Crippen molar-refractivity contribution in [3.63, 3.8) is 0 Å². The molecule has 86 valence electrons. The lowest BCUT2D eigenvalue weighted by Crippen LogP contribution is -2.01. The molecule has 1 N–H and O–H groups in total. The van der Waals surface area contributed by atoms with Crippen molar-refractivity contribution < 1.29 is 5.11 Å². The van der Waals surface area contributed by atoms with Crippen LogP contribution in [-0.2, 0) is 5.75 Å². The summed E-state index contributed by atoms with van der Waals surface area (Å²) < 4.78 is 1.01. The maximum absolute atomic E-state index is 10.5. The molecule has 3 heteroatoms. The van der Waals surface area contributed by atoms with E-state index in [1.807, 2.05) is 30.3 Å². The number of aliphatic hydroxyl groups excluding tert-OH is 1. The van der Waals surface area contributed by atoms with E-state index in [-0.39, 0.29) is 0 Å². The maximum Gasteiger partial charge on any atom is 0.105 e. The molecule has 2 aromatic rings. The number of thioether (sulfide) groups is 1. The fourth-order valence-corrected chi connectivity index (χ4v) is 3.57. The summed E-state index contributed by atoms with van der Waals surface area (Å²) >= 11 is 5.25. The van der Waals surface area contributed by atoms with E-state index in [9.17, 15) is 5.11 Å². The van der Waals surface area contributed by atoms with Crippen LogP contribution in [0.5, 0.6) is 0 Å². The maximum atomic E-state index is 10.5. The molecule has 3 rings (SSSR count). The normalized spacial score (nSPS) is 18.1. The van der Waals surface area contributed by atoms with Crippen LogP contribution in [-0.4, -0.2) is 5.11 Å². The predicted octanol–water partition coefficient (Wildman–Crippen LogP) is 4.14. The Morgan fingerprint density at radius 2 is 1.94 bits per heavy atom. The molecule has 0 aliphatic carbocycles. The third-order valence-electron chi connectivity index (χ3n) is 3.00. The highest BCUT2D eigenvalue weighted by molar-refractivity contribution is 9.10. The van der Waals surface area contributed by atoms with Crippen LogP contribution in [0.2, 0.25) is 0 Å². The zero-order valence-corrected chi connectivity index (χ0v) is 11.5. The molecular formula is C14H11BrOS. The predicted molar refractivity (Wildman–Crippen MR) is 74.2 cm³/mol. The summed E-state index contributed by atoms with van der Waals surface area (Å²) in [6, 6.07) is 14.2. The van der Waals surface area contributed by atoms with Gasteiger partial charge in [0.25, 0.3) is 0 Å². The molecule has 1 atom stereocenters. The molecule has 0 saturated carbocycles. The van der Waals surface area contributed by atoms with Crippen LogP contribution in [0.25, 0.3) is 0 Å². The van der Waals surface area contributed by atoms with Gasteiger partial charge in [-0.05, 0) is 34.9 Å². The Bertz CT molecular complexity index is 568. The molecule has 0 amide bonds. The third-order valence-corrected chi connectivity index (χ3v) is 4.63. The zero-order chi connectivity index (χ0) is 11.8. The highest BCUT2D eigenvalue weighted by Gasteiger charge is 2.21. The van der Waals surface area contributed by atoms with Crippen LogP contribution in [0.4, 0.5) is 0 Å². The van der Waals surface area contributed by atoms with Crippen LogP contribution < -0.4 is 0 Å². The molecule has 0 fully saturated rings. The third kappa shape index (κ3) is 2.03. The van der Waals surface area contributed by atoms with Gasteiger partial charge in [-0.3, -0.25) is 0 Å². The number of rotatable bonds is 0. The molecule has 1 aliphatic rings. The fraction of sp³-hybridized carbons (Fsp3) is 0.143. The van der Waals surface area contributed by atoms with Crippen molar-refractivity contribution in [1.29, 1.82) is 0 Å². The minimum absolute atomic E-state index is 0.520. The summed E-state index contributed by atoms with van der Waals surface area (Å²) in [5.74, 6) is 0.919. The lowest BCUT2D eigenvalue weighted by atomic mass is 9.98. The van der Waals surface area contributed by atoms with Gasteiger partial charge in [-0.25, -0.2) is 0 Å². The van der Waals surface area contributed by atoms with Crippen molar-refractivity contribution in [3.8, 4) is 0 Å². The summed E-state index contributed by atoms with van der Waals surface area (Å²) in [6.45, 7) is 0. The number of aliphatic hydroxyl groups is 1. The molecule has 0 bridgehead atoms. The van der Waals surface area contributed by atoms with Crippen molar-refractivity contribution in [2.24, 2.45) is 0 Å². The summed E-state index contributed by atoms with van der Waals surface area (Å²) in [5, 5.41) is 10.5. The van der Waals surface area contributed by atoms with Gasteiger partial charge in [0.15, 0.2) is 0 Å². The van der Waals surface area contributed by atoms with Crippen molar-refractivity contribution in [1.82, 2.24) is 0 Å². The largest absolute Gasteiger partial charge is 0.384 e. The van der Waals surface area contributed by atoms with Crippen LogP contribution in [0.1, 0.15) is 22.8 Å². The van der Waals surface area contributed by atoms with Crippen LogP contribution in [0, 0.1) is 0 Å². The van der Waals surface area contributed by atoms with Gasteiger partial charge in [0.1, 0.15) is 6.10 Å². The second-order valence-electron chi connectivity index (χ2n) is 4.07. The Balaban J connectivity index is 2.18. The Kier molecular flexibility index (Phi) is 2.99. The minimum atomic E-state index is -0.520. The molecule has 1 heterocycles. The molecule has 0 radical (unpaired) electrons. The Morgan fingerprint density at radius 3 is 2.82 bits per heavy atom. The number of halogens is 1. The van der Waals surface area contributed by atoms with Crippen molar-refractivity contribution in [2.75, 3.05) is 0 Å². The molecule has 2 aromatic carbocycles. The van der Waals surface area contributed by atoms with E-state index >= 15 is 0 Å². The summed E-state index contributed by atoms with van der Waals surface area (Å²) in [5.41, 5.74) is 3.24. The van der Waals surface area contributed by atoms with E-state index in [1.165, 1.54) is 5.56 Å². The molecule has 1 nitrogen and oxygen atoms in total. The van der Waals surface area contributed by atoms with E-state index in [4.69, 9.17) is 0 Å². The second-order valence-corrected chi connectivity index (χ2v) is 6.01. The number of benzene rings is 2. The lowest BCUT2D eigenvalue weighted by molar-refractivity contribution is 0.217. The van der Waals surface area contributed by atoms with Crippen molar-refractivity contribution in [3.05, 3.63) is 63.6 Å². The summed E-state index contributed by atoms with van der Waals surface area (Å²) in [6.07, 6.45) is -0.520.